The average molecular weight is 1290 g/mol. The highest BCUT2D eigenvalue weighted by Crippen LogP contribution is 2.33. The molecule has 5 heterocycles. The molecule has 1 aliphatic heterocycles. The van der Waals surface area contributed by atoms with Gasteiger partial charge in [0.1, 0.15) is 0 Å². The number of aromatic nitrogens is 4. The zero-order valence-corrected chi connectivity index (χ0v) is 53.3. The first-order valence-corrected chi connectivity index (χ1v) is 35.1. The highest BCUT2D eigenvalue weighted by Gasteiger charge is 2.24. The Morgan fingerprint density at radius 1 is 0.239 bits per heavy atom. The van der Waals surface area contributed by atoms with Crippen LogP contribution in [0.15, 0.2) is 262 Å². The number of benzene rings is 8. The van der Waals surface area contributed by atoms with Crippen LogP contribution in [0.2, 0.25) is 0 Å². The number of H-pyrrole nitrogens is 4. The van der Waals surface area contributed by atoms with Gasteiger partial charge < -0.3 is 19.9 Å². The molecule has 0 atom stereocenters. The van der Waals surface area contributed by atoms with Crippen LogP contribution in [0.1, 0.15) is 67.3 Å². The lowest BCUT2D eigenvalue weighted by Gasteiger charge is -2.13. The molecule has 20 heteroatoms. The summed E-state index contributed by atoms with van der Waals surface area (Å²) in [6, 6.07) is 70.1. The minimum Gasteiger partial charge on any atom is -0.354 e. The fourth-order valence-corrected chi connectivity index (χ4v) is 15.4. The minimum absolute atomic E-state index is 0.0959. The van der Waals surface area contributed by atoms with Crippen molar-refractivity contribution in [3.8, 4) is 0 Å². The van der Waals surface area contributed by atoms with Crippen molar-refractivity contribution in [1.82, 2.24) is 19.9 Å². The normalized spacial score (nSPS) is 12.8. The summed E-state index contributed by atoms with van der Waals surface area (Å²) in [5.41, 5.74) is 12.3. The van der Waals surface area contributed by atoms with E-state index in [1.165, 1.54) is 0 Å². The van der Waals surface area contributed by atoms with E-state index in [0.717, 1.165) is 22.3 Å². The standard InChI is InChI=1S/C72H60N8O8S4/c1-45-17-25-57(26-18-45)89(81,82)77-53-13-5-9-49(41-53)69-61-33-35-63(73-61)70(50-10-6-14-54(42-50)78-90(83,84)58-27-19-46(2)20-28-58)65-37-39-67(75-65)72(52-12-8-16-56(44-52)80-92(87,88)60-31-23-48(4)24-32-60)68-40-38-66(76-68)71(64-36-34-62(69)74-64)51-11-7-15-55(43-51)79-91(85,86)59-29-21-47(3)22-30-59/h5-44,73-80H,1-4H3. The second kappa shape index (κ2) is 24.0. The molecule has 0 saturated carbocycles. The Morgan fingerprint density at radius 3 is 0.652 bits per heavy atom. The molecule has 13 rings (SSSR count). The van der Waals surface area contributed by atoms with E-state index < -0.39 is 40.1 Å². The van der Waals surface area contributed by atoms with Gasteiger partial charge in [-0.05, 0) is 196 Å². The Balaban J connectivity index is 1.05. The van der Waals surface area contributed by atoms with Gasteiger partial charge in [-0.15, -0.1) is 0 Å². The maximum atomic E-state index is 14.0. The smallest absolute Gasteiger partial charge is 0.261 e. The molecule has 0 unspecified atom stereocenters. The molecule has 8 N–H and O–H groups in total. The molecular formula is C72H60N8O8S4. The number of rotatable bonds is 16. The van der Waals surface area contributed by atoms with Gasteiger partial charge in [-0.1, -0.05) is 119 Å². The van der Waals surface area contributed by atoms with Crippen molar-refractivity contribution >= 4 is 85.1 Å². The van der Waals surface area contributed by atoms with Gasteiger partial charge in [-0.2, -0.15) is 0 Å². The Hall–Kier alpha value is -10.6. The summed E-state index contributed by atoms with van der Waals surface area (Å²) in [5.74, 6) is 0. The predicted octanol–water partition coefficient (Wildman–Crippen LogP) is 10.7. The Labute approximate surface area is 532 Å². The molecule has 92 heavy (non-hydrogen) atoms. The van der Waals surface area contributed by atoms with Crippen molar-refractivity contribution in [2.24, 2.45) is 0 Å². The van der Waals surface area contributed by atoms with Crippen molar-refractivity contribution in [1.29, 1.82) is 0 Å². The number of fused-ring (bicyclic) bond motifs is 8. The van der Waals surface area contributed by atoms with Gasteiger partial charge in [0.05, 0.1) is 19.6 Å². The van der Waals surface area contributed by atoms with Crippen LogP contribution in [-0.2, 0) is 40.1 Å². The minimum atomic E-state index is -4.04. The van der Waals surface area contributed by atoms with Crippen LogP contribution in [0, 0.1) is 27.7 Å². The first kappa shape index (κ1) is 60.3. The molecule has 8 aromatic carbocycles. The van der Waals surface area contributed by atoms with E-state index in [0.29, 0.717) is 111 Å². The zero-order chi connectivity index (χ0) is 64.1. The molecule has 0 fully saturated rings. The van der Waals surface area contributed by atoms with E-state index in [9.17, 15) is 33.7 Å². The van der Waals surface area contributed by atoms with E-state index in [4.69, 9.17) is 0 Å². The van der Waals surface area contributed by atoms with Crippen LogP contribution in [0.25, 0.3) is 22.3 Å². The van der Waals surface area contributed by atoms with Crippen LogP contribution < -0.4 is 40.3 Å². The summed E-state index contributed by atoms with van der Waals surface area (Å²) in [7, 11) is -16.2. The molecule has 0 radical (unpaired) electrons. The van der Waals surface area contributed by atoms with Gasteiger partial charge in [0.2, 0.25) is 0 Å². The van der Waals surface area contributed by atoms with E-state index in [1.807, 2.05) is 100 Å². The number of hydrogen-bond acceptors (Lipinski definition) is 8. The van der Waals surface area contributed by atoms with E-state index >= 15 is 0 Å². The molecule has 8 bridgehead atoms. The topological polar surface area (TPSA) is 248 Å². The fraction of sp³-hybridized carbons (Fsp3) is 0.0556. The summed E-state index contributed by atoms with van der Waals surface area (Å²) < 4.78 is 123. The molecule has 12 aromatic rings. The molecule has 4 aromatic heterocycles. The van der Waals surface area contributed by atoms with Gasteiger partial charge in [0.25, 0.3) is 40.1 Å². The van der Waals surface area contributed by atoms with E-state index in [-0.39, 0.29) is 19.6 Å². The SMILES string of the molecule is Cc1ccc(S(=O)(=O)Nc2cccc(C3=c4ccc([nH]4)=C(c4cccc(NS(=O)(=O)c5ccc(C)cc5)c4)c4ccc([nH]4)C(c4cccc(NS(=O)(=O)c5ccc(C)cc5)c4)=c4ccc([nH]4)=C(c4cccc(NS(=O)(=O)c5ccc(C)cc5)c4)c4ccc3[nH]4)c2)cc1. The van der Waals surface area contributed by atoms with Gasteiger partial charge in [-0.3, -0.25) is 18.9 Å². The molecule has 460 valence electrons. The van der Waals surface area contributed by atoms with Gasteiger partial charge in [-0.25, -0.2) is 33.7 Å². The van der Waals surface area contributed by atoms with Crippen LogP contribution in [0.3, 0.4) is 0 Å². The number of anilines is 4. The number of aromatic amines is 4. The molecule has 16 nitrogen and oxygen atoms in total. The summed E-state index contributed by atoms with van der Waals surface area (Å²) in [6.45, 7) is 7.53. The number of nitrogens with one attached hydrogen (secondary N) is 8. The molecule has 0 spiro atoms. The van der Waals surface area contributed by atoms with Gasteiger partial charge >= 0.3 is 0 Å². The highest BCUT2D eigenvalue weighted by atomic mass is 32.2. The van der Waals surface area contributed by atoms with Crippen LogP contribution in [-0.4, -0.2) is 53.6 Å². The molecule has 0 aliphatic carbocycles. The van der Waals surface area contributed by atoms with Gasteiger partial charge in [0, 0.05) is 89.2 Å². The highest BCUT2D eigenvalue weighted by molar-refractivity contribution is 7.93. The van der Waals surface area contributed by atoms with Crippen molar-refractivity contribution < 1.29 is 33.7 Å². The molecule has 1 aliphatic rings. The van der Waals surface area contributed by atoms with E-state index in [1.54, 1.807) is 170 Å². The predicted molar refractivity (Wildman–Crippen MR) is 362 cm³/mol. The molecule has 0 saturated heterocycles. The molecule has 0 amide bonds. The van der Waals surface area contributed by atoms with Crippen molar-refractivity contribution in [3.63, 3.8) is 0 Å². The lowest BCUT2D eigenvalue weighted by Crippen LogP contribution is -2.19. The summed E-state index contributed by atoms with van der Waals surface area (Å²) >= 11 is 0. The Kier molecular flexibility index (Phi) is 15.7. The molecular weight excluding hydrogens is 1230 g/mol. The monoisotopic (exact) mass is 1290 g/mol. The maximum absolute atomic E-state index is 14.0. The number of hydrogen-bond donors (Lipinski definition) is 8. The summed E-state index contributed by atoms with van der Waals surface area (Å²) in [4.78, 5) is 15.3. The maximum Gasteiger partial charge on any atom is 0.261 e. The van der Waals surface area contributed by atoms with Gasteiger partial charge in [0.15, 0.2) is 0 Å². The Bertz CT molecular complexity index is 4930. The van der Waals surface area contributed by atoms with Crippen molar-refractivity contribution in [3.05, 3.63) is 331 Å². The van der Waals surface area contributed by atoms with Crippen LogP contribution >= 0.6 is 0 Å². The lowest BCUT2D eigenvalue weighted by molar-refractivity contribution is 0.599. The number of aryl methyl sites for hydroxylation is 4. The summed E-state index contributed by atoms with van der Waals surface area (Å²) in [5, 5.41) is 2.42. The quantitative estimate of drug-likeness (QED) is 0.0461. The third-order valence-corrected chi connectivity index (χ3v) is 21.4. The van der Waals surface area contributed by atoms with Crippen molar-refractivity contribution in [2.45, 2.75) is 47.3 Å². The van der Waals surface area contributed by atoms with Crippen molar-refractivity contribution in [2.75, 3.05) is 18.9 Å². The second-order valence-corrected chi connectivity index (χ2v) is 29.4. The third kappa shape index (κ3) is 12.5. The number of sulfonamides is 4. The van der Waals surface area contributed by atoms with E-state index in [2.05, 4.69) is 38.8 Å². The summed E-state index contributed by atoms with van der Waals surface area (Å²) in [6.07, 6.45) is 0. The second-order valence-electron chi connectivity index (χ2n) is 22.6. The largest absolute Gasteiger partial charge is 0.354 e. The van der Waals surface area contributed by atoms with Crippen LogP contribution in [0.4, 0.5) is 22.7 Å². The first-order chi connectivity index (χ1) is 44.1. The Morgan fingerprint density at radius 2 is 0.446 bits per heavy atom. The third-order valence-electron chi connectivity index (χ3n) is 15.8. The lowest BCUT2D eigenvalue weighted by atomic mass is 10.0. The van der Waals surface area contributed by atoms with Crippen LogP contribution in [0.5, 0.6) is 0 Å². The fourth-order valence-electron chi connectivity index (χ4n) is 11.3. The average Bonchev–Trinajstić information content (AvgIpc) is 1.60. The first-order valence-electron chi connectivity index (χ1n) is 29.2. The zero-order valence-electron chi connectivity index (χ0n) is 50.0.